The number of aryl methyl sites for hydroxylation is 2. The molecule has 0 spiro atoms. The first-order chi connectivity index (χ1) is 15.3. The third kappa shape index (κ3) is 7.37. The van der Waals surface area contributed by atoms with Crippen LogP contribution >= 0.6 is 15.9 Å². The Bertz CT molecular complexity index is 916. The standard InChI is InChI=1S/C26H35BrN2O3/c1-6-19(5)28-26(31)23(8-3)29(16-21-11-9-10-18(4)14-21)25(30)17-32-24-13-12-20(7-2)15-22(24)27/h9-15,19,23H,6-8,16-17H2,1-5H3,(H,28,31)/t19-,23-/m0/s1. The molecular formula is C26H35BrN2O3. The Kier molecular flexibility index (Phi) is 10.2. The van der Waals surface area contributed by atoms with Crippen LogP contribution in [-0.4, -0.2) is 35.4 Å². The van der Waals surface area contributed by atoms with Gasteiger partial charge < -0.3 is 15.0 Å². The molecule has 2 atom stereocenters. The number of carbonyl (C=O) groups is 2. The van der Waals surface area contributed by atoms with Crippen LogP contribution in [0.4, 0.5) is 0 Å². The van der Waals surface area contributed by atoms with E-state index >= 15 is 0 Å². The summed E-state index contributed by atoms with van der Waals surface area (Å²) in [7, 11) is 0. The van der Waals surface area contributed by atoms with Gasteiger partial charge in [0.2, 0.25) is 5.91 Å². The van der Waals surface area contributed by atoms with Crippen molar-refractivity contribution in [3.8, 4) is 5.75 Å². The molecule has 5 nitrogen and oxygen atoms in total. The highest BCUT2D eigenvalue weighted by atomic mass is 79.9. The molecule has 174 valence electrons. The summed E-state index contributed by atoms with van der Waals surface area (Å²) in [6, 6.07) is 13.4. The number of halogens is 1. The number of amides is 2. The van der Waals surface area contributed by atoms with Crippen molar-refractivity contribution in [2.75, 3.05) is 6.61 Å². The Morgan fingerprint density at radius 3 is 2.41 bits per heavy atom. The Morgan fingerprint density at radius 2 is 1.81 bits per heavy atom. The van der Waals surface area contributed by atoms with E-state index in [-0.39, 0.29) is 24.5 Å². The SMILES string of the molecule is CCc1ccc(OCC(=O)N(Cc2cccc(C)c2)[C@@H](CC)C(=O)N[C@@H](C)CC)c(Br)c1. The van der Waals surface area contributed by atoms with Crippen molar-refractivity contribution < 1.29 is 14.3 Å². The molecular weight excluding hydrogens is 468 g/mol. The van der Waals surface area contributed by atoms with Crippen LogP contribution in [0.15, 0.2) is 46.9 Å². The maximum Gasteiger partial charge on any atom is 0.261 e. The smallest absolute Gasteiger partial charge is 0.261 e. The van der Waals surface area contributed by atoms with Crippen molar-refractivity contribution in [3.05, 3.63) is 63.6 Å². The predicted molar refractivity (Wildman–Crippen MR) is 133 cm³/mol. The second kappa shape index (κ2) is 12.6. The third-order valence-corrected chi connectivity index (χ3v) is 6.20. The van der Waals surface area contributed by atoms with Gasteiger partial charge in [0.05, 0.1) is 4.47 Å². The van der Waals surface area contributed by atoms with Gasteiger partial charge in [-0.15, -0.1) is 0 Å². The monoisotopic (exact) mass is 502 g/mol. The molecule has 0 bridgehead atoms. The van der Waals surface area contributed by atoms with Crippen LogP contribution < -0.4 is 10.1 Å². The molecule has 2 amide bonds. The van der Waals surface area contributed by atoms with Gasteiger partial charge >= 0.3 is 0 Å². The molecule has 2 rings (SSSR count). The largest absolute Gasteiger partial charge is 0.483 e. The zero-order valence-electron chi connectivity index (χ0n) is 19.8. The highest BCUT2D eigenvalue weighted by Gasteiger charge is 2.29. The summed E-state index contributed by atoms with van der Waals surface area (Å²) in [6.07, 6.45) is 2.28. The number of nitrogens with zero attached hydrogens (tertiary/aromatic N) is 1. The van der Waals surface area contributed by atoms with Crippen molar-refractivity contribution >= 4 is 27.7 Å². The van der Waals surface area contributed by atoms with E-state index in [4.69, 9.17) is 4.74 Å². The summed E-state index contributed by atoms with van der Waals surface area (Å²) in [5.74, 6) is 0.267. The van der Waals surface area contributed by atoms with E-state index in [9.17, 15) is 9.59 Å². The van der Waals surface area contributed by atoms with Crippen molar-refractivity contribution in [3.63, 3.8) is 0 Å². The quantitative estimate of drug-likeness (QED) is 0.446. The number of hydrogen-bond acceptors (Lipinski definition) is 3. The Hall–Kier alpha value is -2.34. The Balaban J connectivity index is 2.23. The first-order valence-corrected chi connectivity index (χ1v) is 12.1. The van der Waals surface area contributed by atoms with E-state index < -0.39 is 6.04 Å². The van der Waals surface area contributed by atoms with E-state index in [0.29, 0.717) is 18.7 Å². The maximum atomic E-state index is 13.3. The molecule has 2 aromatic carbocycles. The van der Waals surface area contributed by atoms with Crippen LogP contribution in [0.1, 0.15) is 57.2 Å². The zero-order valence-corrected chi connectivity index (χ0v) is 21.4. The van der Waals surface area contributed by atoms with E-state index in [1.54, 1.807) is 4.90 Å². The van der Waals surface area contributed by atoms with Gasteiger partial charge in [-0.1, -0.05) is 56.7 Å². The van der Waals surface area contributed by atoms with E-state index in [1.807, 2.05) is 70.2 Å². The normalized spacial score (nSPS) is 12.7. The number of rotatable bonds is 11. The topological polar surface area (TPSA) is 58.6 Å². The zero-order chi connectivity index (χ0) is 23.7. The molecule has 32 heavy (non-hydrogen) atoms. The summed E-state index contributed by atoms with van der Waals surface area (Å²) in [5.41, 5.74) is 3.29. The van der Waals surface area contributed by atoms with Gasteiger partial charge in [-0.05, 0) is 72.3 Å². The van der Waals surface area contributed by atoms with Crippen molar-refractivity contribution in [1.82, 2.24) is 10.2 Å². The molecule has 1 N–H and O–H groups in total. The fourth-order valence-electron chi connectivity index (χ4n) is 3.47. The lowest BCUT2D eigenvalue weighted by Crippen LogP contribution is -2.51. The summed E-state index contributed by atoms with van der Waals surface area (Å²) in [4.78, 5) is 27.9. The van der Waals surface area contributed by atoms with Crippen molar-refractivity contribution in [1.29, 1.82) is 0 Å². The second-order valence-corrected chi connectivity index (χ2v) is 9.01. The van der Waals surface area contributed by atoms with Crippen LogP contribution in [-0.2, 0) is 22.6 Å². The fourth-order valence-corrected chi connectivity index (χ4v) is 4.01. The van der Waals surface area contributed by atoms with Gasteiger partial charge in [-0.3, -0.25) is 9.59 Å². The van der Waals surface area contributed by atoms with Crippen LogP contribution in [0.2, 0.25) is 0 Å². The lowest BCUT2D eigenvalue weighted by Gasteiger charge is -2.31. The Morgan fingerprint density at radius 1 is 1.06 bits per heavy atom. The third-order valence-electron chi connectivity index (χ3n) is 5.58. The molecule has 0 aromatic heterocycles. The molecule has 0 heterocycles. The number of carbonyl (C=O) groups excluding carboxylic acids is 2. The Labute approximate surface area is 200 Å². The van der Waals surface area contributed by atoms with E-state index in [1.165, 1.54) is 5.56 Å². The summed E-state index contributed by atoms with van der Waals surface area (Å²) < 4.78 is 6.66. The summed E-state index contributed by atoms with van der Waals surface area (Å²) >= 11 is 3.52. The second-order valence-electron chi connectivity index (χ2n) is 8.16. The van der Waals surface area contributed by atoms with Gasteiger partial charge in [-0.25, -0.2) is 0 Å². The molecule has 0 saturated carbocycles. The van der Waals surface area contributed by atoms with Gasteiger partial charge in [0.1, 0.15) is 11.8 Å². The summed E-state index contributed by atoms with van der Waals surface area (Å²) in [6.45, 7) is 10.2. The maximum absolute atomic E-state index is 13.3. The lowest BCUT2D eigenvalue weighted by molar-refractivity contribution is -0.143. The van der Waals surface area contributed by atoms with Gasteiger partial charge in [0.15, 0.2) is 6.61 Å². The molecule has 0 unspecified atom stereocenters. The molecule has 0 aliphatic rings. The van der Waals surface area contributed by atoms with Crippen LogP contribution in [0.3, 0.4) is 0 Å². The van der Waals surface area contributed by atoms with E-state index in [2.05, 4.69) is 28.2 Å². The predicted octanol–water partition coefficient (Wildman–Crippen LogP) is 5.42. The van der Waals surface area contributed by atoms with E-state index in [0.717, 1.165) is 28.4 Å². The molecule has 6 heteroatoms. The van der Waals surface area contributed by atoms with Gasteiger partial charge in [-0.2, -0.15) is 0 Å². The summed E-state index contributed by atoms with van der Waals surface area (Å²) in [5, 5.41) is 3.03. The molecule has 0 aliphatic carbocycles. The lowest BCUT2D eigenvalue weighted by atomic mass is 10.1. The molecule has 0 aliphatic heterocycles. The highest BCUT2D eigenvalue weighted by Crippen LogP contribution is 2.26. The first kappa shape index (κ1) is 25.9. The minimum absolute atomic E-state index is 0.0526. The minimum atomic E-state index is -0.563. The molecule has 0 radical (unpaired) electrons. The number of nitrogens with one attached hydrogen (secondary N) is 1. The number of benzene rings is 2. The average Bonchev–Trinajstić information content (AvgIpc) is 2.77. The minimum Gasteiger partial charge on any atom is -0.483 e. The first-order valence-electron chi connectivity index (χ1n) is 11.4. The average molecular weight is 503 g/mol. The molecule has 2 aromatic rings. The number of hydrogen-bond donors (Lipinski definition) is 1. The van der Waals surface area contributed by atoms with Crippen LogP contribution in [0.5, 0.6) is 5.75 Å². The van der Waals surface area contributed by atoms with Crippen LogP contribution in [0.25, 0.3) is 0 Å². The van der Waals surface area contributed by atoms with Crippen molar-refractivity contribution in [2.24, 2.45) is 0 Å². The van der Waals surface area contributed by atoms with Crippen LogP contribution in [0, 0.1) is 6.92 Å². The fraction of sp³-hybridized carbons (Fsp3) is 0.462. The van der Waals surface area contributed by atoms with Crippen molar-refractivity contribution in [2.45, 2.75) is 72.5 Å². The van der Waals surface area contributed by atoms with Gasteiger partial charge in [0.25, 0.3) is 5.91 Å². The highest BCUT2D eigenvalue weighted by molar-refractivity contribution is 9.10. The van der Waals surface area contributed by atoms with Gasteiger partial charge in [0, 0.05) is 12.6 Å². The molecule has 0 saturated heterocycles. The molecule has 0 fully saturated rings. The number of ether oxygens (including phenoxy) is 1.